The van der Waals surface area contributed by atoms with Crippen LogP contribution in [-0.4, -0.2) is 51.5 Å². The zero-order valence-corrected chi connectivity index (χ0v) is 19.4. The maximum atomic E-state index is 12.0. The van der Waals surface area contributed by atoms with E-state index in [1.165, 1.54) is 6.33 Å². The summed E-state index contributed by atoms with van der Waals surface area (Å²) in [6.07, 6.45) is 4.92. The van der Waals surface area contributed by atoms with Gasteiger partial charge in [0, 0.05) is 24.2 Å². The van der Waals surface area contributed by atoms with Crippen LogP contribution in [0.4, 0.5) is 4.79 Å². The van der Waals surface area contributed by atoms with E-state index in [0.717, 1.165) is 55.1 Å². The van der Waals surface area contributed by atoms with Gasteiger partial charge in [-0.05, 0) is 65.0 Å². The van der Waals surface area contributed by atoms with Crippen molar-refractivity contribution in [3.8, 4) is 11.4 Å². The Kier molecular flexibility index (Phi) is 8.08. The van der Waals surface area contributed by atoms with Gasteiger partial charge in [-0.15, -0.1) is 0 Å². The van der Waals surface area contributed by atoms with Crippen LogP contribution in [-0.2, 0) is 11.3 Å². The Labute approximate surface area is 189 Å². The number of nitrogens with one attached hydrogen (secondary N) is 4. The lowest BCUT2D eigenvalue weighted by Gasteiger charge is -2.31. The molecule has 0 spiro atoms. The molecule has 1 aromatic heterocycles. The number of ether oxygens (including phenoxy) is 1. The number of aromatic nitrogens is 3. The van der Waals surface area contributed by atoms with Crippen LogP contribution in [0.2, 0.25) is 0 Å². The van der Waals surface area contributed by atoms with Gasteiger partial charge in [0.1, 0.15) is 11.9 Å². The molecule has 9 nitrogen and oxygen atoms in total. The summed E-state index contributed by atoms with van der Waals surface area (Å²) in [6, 6.07) is 8.61. The van der Waals surface area contributed by atoms with Crippen molar-refractivity contribution in [3.63, 3.8) is 0 Å². The first-order valence-electron chi connectivity index (χ1n) is 11.3. The molecule has 4 N–H and O–H groups in total. The third-order valence-electron chi connectivity index (χ3n) is 5.17. The Bertz CT molecular complexity index is 882. The molecule has 9 heteroatoms. The third-order valence-corrected chi connectivity index (χ3v) is 5.17. The van der Waals surface area contributed by atoms with Crippen molar-refractivity contribution in [2.24, 2.45) is 4.99 Å². The molecular formula is C23H35N7O2. The standard InChI is InChI=1S/C23H35N7O2/c1-5-24-21(25-14-16-7-6-8-17(13-16)20-26-15-27-30-20)28-18-9-11-19(12-10-18)29-22(31)32-23(2,3)4/h6-8,13,15,18-19H,5,9-12,14H2,1-4H3,(H,29,31)(H2,24,25,28)(H,26,27,30). The highest BCUT2D eigenvalue weighted by molar-refractivity contribution is 5.80. The van der Waals surface area contributed by atoms with Gasteiger partial charge in [0.15, 0.2) is 11.8 Å². The van der Waals surface area contributed by atoms with Crippen LogP contribution in [0.25, 0.3) is 11.4 Å². The first-order chi connectivity index (χ1) is 15.3. The lowest BCUT2D eigenvalue weighted by Crippen LogP contribution is -2.48. The molecule has 2 aromatic rings. The number of amides is 1. The first-order valence-corrected chi connectivity index (χ1v) is 11.3. The minimum absolute atomic E-state index is 0.154. The second-order valence-electron chi connectivity index (χ2n) is 9.07. The van der Waals surface area contributed by atoms with E-state index in [1.54, 1.807) is 0 Å². The van der Waals surface area contributed by atoms with Gasteiger partial charge in [-0.1, -0.05) is 18.2 Å². The highest BCUT2D eigenvalue weighted by Gasteiger charge is 2.25. The number of rotatable bonds is 6. The summed E-state index contributed by atoms with van der Waals surface area (Å²) in [5, 5.41) is 16.7. The van der Waals surface area contributed by atoms with E-state index < -0.39 is 5.60 Å². The fourth-order valence-electron chi connectivity index (χ4n) is 3.70. The lowest BCUT2D eigenvalue weighted by atomic mass is 9.91. The molecule has 0 bridgehead atoms. The van der Waals surface area contributed by atoms with Gasteiger partial charge >= 0.3 is 6.09 Å². The predicted molar refractivity (Wildman–Crippen MR) is 125 cm³/mol. The number of hydrogen-bond acceptors (Lipinski definition) is 5. The minimum Gasteiger partial charge on any atom is -0.444 e. The Morgan fingerprint density at radius 1 is 1.19 bits per heavy atom. The summed E-state index contributed by atoms with van der Waals surface area (Å²) in [6.45, 7) is 9.04. The first kappa shape index (κ1) is 23.6. The Morgan fingerprint density at radius 3 is 2.53 bits per heavy atom. The normalized spacial score (nSPS) is 19.3. The Morgan fingerprint density at radius 2 is 1.91 bits per heavy atom. The Balaban J connectivity index is 1.51. The highest BCUT2D eigenvalue weighted by atomic mass is 16.6. The summed E-state index contributed by atoms with van der Waals surface area (Å²) < 4.78 is 5.37. The third kappa shape index (κ3) is 7.55. The highest BCUT2D eigenvalue weighted by Crippen LogP contribution is 2.20. The van der Waals surface area contributed by atoms with Gasteiger partial charge < -0.3 is 20.7 Å². The van der Waals surface area contributed by atoms with Crippen molar-refractivity contribution in [3.05, 3.63) is 36.2 Å². The maximum absolute atomic E-state index is 12.0. The molecule has 174 valence electrons. The number of carbonyl (C=O) groups is 1. The monoisotopic (exact) mass is 441 g/mol. The number of hydrogen-bond donors (Lipinski definition) is 4. The maximum Gasteiger partial charge on any atom is 0.407 e. The van der Waals surface area contributed by atoms with Crippen molar-refractivity contribution in [2.75, 3.05) is 6.54 Å². The molecule has 1 aliphatic carbocycles. The molecule has 0 aliphatic heterocycles. The van der Waals surface area contributed by atoms with Gasteiger partial charge in [0.05, 0.1) is 6.54 Å². The van der Waals surface area contributed by atoms with E-state index in [4.69, 9.17) is 9.73 Å². The number of nitrogens with zero attached hydrogens (tertiary/aromatic N) is 3. The van der Waals surface area contributed by atoms with E-state index in [1.807, 2.05) is 32.9 Å². The number of H-pyrrole nitrogens is 1. The van der Waals surface area contributed by atoms with E-state index in [9.17, 15) is 4.79 Å². The van der Waals surface area contributed by atoms with Crippen LogP contribution in [0.1, 0.15) is 58.9 Å². The number of aromatic amines is 1. The summed E-state index contributed by atoms with van der Waals surface area (Å²) in [4.78, 5) is 21.0. The fourth-order valence-corrected chi connectivity index (χ4v) is 3.70. The Hall–Kier alpha value is -3.10. The van der Waals surface area contributed by atoms with Crippen LogP contribution in [0, 0.1) is 0 Å². The molecular weight excluding hydrogens is 406 g/mol. The van der Waals surface area contributed by atoms with Crippen molar-refractivity contribution in [1.82, 2.24) is 31.1 Å². The van der Waals surface area contributed by atoms with Gasteiger partial charge in [-0.25, -0.2) is 14.8 Å². The van der Waals surface area contributed by atoms with E-state index >= 15 is 0 Å². The molecule has 1 amide bonds. The molecule has 32 heavy (non-hydrogen) atoms. The minimum atomic E-state index is -0.478. The molecule has 3 rings (SSSR count). The average Bonchev–Trinajstić information content (AvgIpc) is 3.27. The van der Waals surface area contributed by atoms with Crippen molar-refractivity contribution >= 4 is 12.1 Å². The summed E-state index contributed by atoms with van der Waals surface area (Å²) in [7, 11) is 0. The van der Waals surface area contributed by atoms with Gasteiger partial charge in [-0.3, -0.25) is 5.10 Å². The van der Waals surface area contributed by atoms with Crippen LogP contribution < -0.4 is 16.0 Å². The van der Waals surface area contributed by atoms with Gasteiger partial charge in [0.2, 0.25) is 0 Å². The topological polar surface area (TPSA) is 116 Å². The van der Waals surface area contributed by atoms with Crippen molar-refractivity contribution < 1.29 is 9.53 Å². The van der Waals surface area contributed by atoms with Crippen LogP contribution in [0.15, 0.2) is 35.6 Å². The van der Waals surface area contributed by atoms with E-state index in [-0.39, 0.29) is 12.1 Å². The van der Waals surface area contributed by atoms with Crippen molar-refractivity contribution in [2.45, 2.75) is 77.6 Å². The molecule has 0 atom stereocenters. The molecule has 1 saturated carbocycles. The molecule has 1 aromatic carbocycles. The van der Waals surface area contributed by atoms with Crippen LogP contribution in [0.3, 0.4) is 0 Å². The smallest absolute Gasteiger partial charge is 0.407 e. The number of carbonyl (C=O) groups excluding carboxylic acids is 1. The summed E-state index contributed by atoms with van der Waals surface area (Å²) in [5.41, 5.74) is 1.61. The number of alkyl carbamates (subject to hydrolysis) is 1. The molecule has 0 unspecified atom stereocenters. The predicted octanol–water partition coefficient (Wildman–Crippen LogP) is 3.36. The number of guanidine groups is 1. The molecule has 0 radical (unpaired) electrons. The molecule has 1 fully saturated rings. The summed E-state index contributed by atoms with van der Waals surface area (Å²) in [5.74, 6) is 1.55. The van der Waals surface area contributed by atoms with Gasteiger partial charge in [0.25, 0.3) is 0 Å². The fraction of sp³-hybridized carbons (Fsp3) is 0.565. The second-order valence-corrected chi connectivity index (χ2v) is 9.07. The number of benzene rings is 1. The van der Waals surface area contributed by atoms with E-state index in [0.29, 0.717) is 12.6 Å². The lowest BCUT2D eigenvalue weighted by molar-refractivity contribution is 0.0490. The SMILES string of the molecule is CCNC(=NCc1cccc(-c2ncn[nH]2)c1)NC1CCC(NC(=O)OC(C)(C)C)CC1. The zero-order chi connectivity index (χ0) is 23.0. The number of aliphatic imine (C=N–C) groups is 1. The van der Waals surface area contributed by atoms with Crippen molar-refractivity contribution in [1.29, 1.82) is 0 Å². The van der Waals surface area contributed by atoms with Crippen LogP contribution in [0.5, 0.6) is 0 Å². The molecule has 0 saturated heterocycles. The quantitative estimate of drug-likeness (QED) is 0.403. The molecule has 1 aliphatic rings. The summed E-state index contributed by atoms with van der Waals surface area (Å²) >= 11 is 0. The second kappa shape index (κ2) is 11.0. The zero-order valence-electron chi connectivity index (χ0n) is 19.4. The molecule has 1 heterocycles. The largest absolute Gasteiger partial charge is 0.444 e. The average molecular weight is 442 g/mol. The van der Waals surface area contributed by atoms with Gasteiger partial charge in [-0.2, -0.15) is 5.10 Å². The van der Waals surface area contributed by atoms with Crippen LogP contribution >= 0.6 is 0 Å². The van der Waals surface area contributed by atoms with E-state index in [2.05, 4.69) is 50.2 Å².